The van der Waals surface area contributed by atoms with Crippen molar-refractivity contribution in [3.63, 3.8) is 0 Å². The number of rotatable bonds is 35. The SMILES string of the molecule is CC[C@@]1(O)C(=O)OCc2c1cc1n(c2=O)Cc2c-1nc1cc(C)c(C)c3c1c2[C@@H](CC(=O)COCNC(=O)CCC(=O)[C@H](Cc1ccccc1)NC(=O)CCC(=O)[C@H](CCCCNC(=O)COCCOC)NC(=O)CCCCCN1C(=O)C=CC1=O)CC3. The zero-order valence-corrected chi connectivity index (χ0v) is 50.5. The van der Waals surface area contributed by atoms with Gasteiger partial charge < -0.3 is 49.9 Å². The van der Waals surface area contributed by atoms with Gasteiger partial charge in [0, 0.05) is 87.4 Å². The number of aliphatic hydroxyl groups is 1. The lowest BCUT2D eigenvalue weighted by atomic mass is 9.76. The molecule has 0 saturated carbocycles. The number of nitrogens with one attached hydrogen (secondary N) is 4. The van der Waals surface area contributed by atoms with Crippen molar-refractivity contribution < 1.29 is 72.0 Å². The minimum absolute atomic E-state index is 0.00456. The lowest BCUT2D eigenvalue weighted by Crippen LogP contribution is -2.44. The first-order valence-electron chi connectivity index (χ1n) is 30.4. The van der Waals surface area contributed by atoms with E-state index in [-0.39, 0.29) is 156 Å². The molecule has 23 nitrogen and oxygen atoms in total. The van der Waals surface area contributed by atoms with Gasteiger partial charge in [-0.2, -0.15) is 0 Å². The van der Waals surface area contributed by atoms with Crippen molar-refractivity contribution >= 4 is 69.7 Å². The van der Waals surface area contributed by atoms with Crippen LogP contribution in [0.15, 0.2) is 59.4 Å². The number of nitrogens with zero attached hydrogens (tertiary/aromatic N) is 3. The van der Waals surface area contributed by atoms with Crippen molar-refractivity contribution in [3.8, 4) is 11.4 Å². The molecule has 5 N–H and O–H groups in total. The fourth-order valence-corrected chi connectivity index (χ4v) is 12.0. The number of carbonyl (C=O) groups excluding carboxylic acids is 10. The molecule has 0 unspecified atom stereocenters. The van der Waals surface area contributed by atoms with Crippen molar-refractivity contribution in [2.24, 2.45) is 0 Å². The molecule has 3 aliphatic heterocycles. The first kappa shape index (κ1) is 65.8. The summed E-state index contributed by atoms with van der Waals surface area (Å²) in [6.45, 7) is 6.02. The number of pyridine rings is 2. The summed E-state index contributed by atoms with van der Waals surface area (Å²) in [7, 11) is 1.52. The van der Waals surface area contributed by atoms with Crippen molar-refractivity contribution in [3.05, 3.63) is 109 Å². The first-order chi connectivity index (χ1) is 42.3. The number of aryl methyl sites for hydroxylation is 2. The van der Waals surface area contributed by atoms with Crippen LogP contribution in [0.3, 0.4) is 0 Å². The third-order valence-corrected chi connectivity index (χ3v) is 16.9. The summed E-state index contributed by atoms with van der Waals surface area (Å²) < 4.78 is 22.7. The lowest BCUT2D eigenvalue weighted by molar-refractivity contribution is -0.172. The number of ether oxygens (including phenoxy) is 4. The van der Waals surface area contributed by atoms with Gasteiger partial charge >= 0.3 is 5.97 Å². The number of ketones is 3. The molecule has 0 saturated heterocycles. The number of imide groups is 1. The Labute approximate surface area is 510 Å². The third kappa shape index (κ3) is 16.1. The van der Waals surface area contributed by atoms with Crippen LogP contribution in [0.25, 0.3) is 22.3 Å². The van der Waals surface area contributed by atoms with Gasteiger partial charge in [0.15, 0.2) is 23.0 Å². The number of benzene rings is 2. The lowest BCUT2D eigenvalue weighted by Gasteiger charge is -2.31. The second-order valence-electron chi connectivity index (χ2n) is 22.9. The molecule has 1 aliphatic carbocycles. The van der Waals surface area contributed by atoms with Gasteiger partial charge in [-0.1, -0.05) is 43.7 Å². The summed E-state index contributed by atoms with van der Waals surface area (Å²) in [5, 5.41) is 23.4. The van der Waals surface area contributed by atoms with Gasteiger partial charge in [0.1, 0.15) is 26.6 Å². The Morgan fingerprint density at radius 2 is 1.49 bits per heavy atom. The average Bonchev–Trinajstić information content (AvgIpc) is 1.47. The van der Waals surface area contributed by atoms with Gasteiger partial charge in [0.2, 0.25) is 23.6 Å². The van der Waals surface area contributed by atoms with Crippen molar-refractivity contribution in [2.75, 3.05) is 53.4 Å². The number of carbonyl (C=O) groups is 10. The number of methoxy groups -OCH3 is 1. The van der Waals surface area contributed by atoms with Crippen LogP contribution in [0.4, 0.5) is 0 Å². The fourth-order valence-electron chi connectivity index (χ4n) is 12.0. The Bertz CT molecular complexity index is 3410. The van der Waals surface area contributed by atoms with Crippen LogP contribution >= 0.6 is 0 Å². The van der Waals surface area contributed by atoms with Gasteiger partial charge in [-0.3, -0.25) is 52.8 Å². The molecule has 88 heavy (non-hydrogen) atoms. The van der Waals surface area contributed by atoms with Crippen LogP contribution in [-0.4, -0.2) is 144 Å². The minimum Gasteiger partial charge on any atom is -0.458 e. The number of esters is 1. The number of hydrogen-bond donors (Lipinski definition) is 5. The van der Waals surface area contributed by atoms with E-state index in [1.54, 1.807) is 41.8 Å². The molecule has 0 bridgehead atoms. The molecule has 470 valence electrons. The minimum atomic E-state index is -1.99. The highest BCUT2D eigenvalue weighted by Gasteiger charge is 2.46. The summed E-state index contributed by atoms with van der Waals surface area (Å²) in [4.78, 5) is 150. The maximum atomic E-state index is 14.1. The Morgan fingerprint density at radius 1 is 0.773 bits per heavy atom. The molecule has 0 spiro atoms. The van der Waals surface area contributed by atoms with Gasteiger partial charge in [-0.25, -0.2) is 9.78 Å². The molecule has 4 aromatic rings. The normalized spacial score (nSPS) is 17.0. The second-order valence-corrected chi connectivity index (χ2v) is 22.9. The predicted octanol–water partition coefficient (Wildman–Crippen LogP) is 4.12. The van der Waals surface area contributed by atoms with Crippen LogP contribution in [0.2, 0.25) is 0 Å². The molecule has 6 amide bonds. The van der Waals surface area contributed by atoms with Crippen molar-refractivity contribution in [2.45, 2.75) is 160 Å². The molecule has 2 aromatic heterocycles. The maximum absolute atomic E-state index is 14.1. The van der Waals surface area contributed by atoms with Crippen molar-refractivity contribution in [1.29, 1.82) is 0 Å². The van der Waals surface area contributed by atoms with E-state index in [2.05, 4.69) is 28.2 Å². The van der Waals surface area contributed by atoms with Crippen LogP contribution in [0, 0.1) is 13.8 Å². The summed E-state index contributed by atoms with van der Waals surface area (Å²) in [6.07, 6.45) is 5.62. The number of unbranched alkanes of at least 4 members (excludes halogenated alkanes) is 3. The van der Waals surface area contributed by atoms with Gasteiger partial charge in [-0.05, 0) is 118 Å². The molecule has 4 aliphatic rings. The summed E-state index contributed by atoms with van der Waals surface area (Å²) in [6, 6.07) is 10.7. The first-order valence-corrected chi connectivity index (χ1v) is 30.4. The van der Waals surface area contributed by atoms with Crippen LogP contribution < -0.4 is 26.8 Å². The van der Waals surface area contributed by atoms with E-state index in [0.717, 1.165) is 49.2 Å². The highest BCUT2D eigenvalue weighted by Crippen LogP contribution is 2.47. The third-order valence-electron chi connectivity index (χ3n) is 16.9. The molecule has 23 heteroatoms. The molecule has 4 atom stereocenters. The molecule has 5 heterocycles. The van der Waals surface area contributed by atoms with E-state index >= 15 is 0 Å². The Kier molecular flexibility index (Phi) is 23.0. The van der Waals surface area contributed by atoms with E-state index < -0.39 is 47.0 Å². The van der Waals surface area contributed by atoms with E-state index in [4.69, 9.17) is 23.9 Å². The largest absolute Gasteiger partial charge is 0.458 e. The van der Waals surface area contributed by atoms with E-state index in [0.29, 0.717) is 69.5 Å². The number of Topliss-reactive ketones (excluding diaryl/α,β-unsaturated/α-hetero) is 3. The zero-order chi connectivity index (χ0) is 63.1. The standard InChI is InChI=1S/C65H79N7O16/c1-5-65(84)47-33-51-62-45(34-72(51)63(82)46(47)36-88-64(65)83)60-42(18-19-44-40(3)39(2)30-50(70-62)61(44)60)32-43(73)35-87-38-67-54(76)22-20-53(75)49(31-41-14-8-6-9-15-41)69-56(78)23-21-52(74)48(16-11-12-26-66-57(79)37-86-29-28-85-4)68-55(77)17-10-7-13-27-71-58(80)24-25-59(71)81/h6,8-9,14-15,24-25,30,33,42,48-49,84H,5,7,10-13,16-23,26-29,31-32,34-38H2,1-4H3,(H,66,79)(H,67,76)(H,68,77)(H,69,78)/t42-,48+,49+,65+/m1/s1. The molecular formula is C65H79N7O16. The van der Waals surface area contributed by atoms with Crippen LogP contribution in [-0.2, 0) is 98.5 Å². The molecule has 0 fully saturated rings. The summed E-state index contributed by atoms with van der Waals surface area (Å²) >= 11 is 0. The summed E-state index contributed by atoms with van der Waals surface area (Å²) in [5.41, 5.74) is 5.59. The fraction of sp³-hybridized carbons (Fsp3) is 0.508. The van der Waals surface area contributed by atoms with Gasteiger partial charge in [-0.15, -0.1) is 0 Å². The number of amides is 6. The Hall–Kier alpha value is -8.12. The molecular weight excluding hydrogens is 1130 g/mol. The predicted molar refractivity (Wildman–Crippen MR) is 320 cm³/mol. The van der Waals surface area contributed by atoms with Gasteiger partial charge in [0.25, 0.3) is 17.4 Å². The van der Waals surface area contributed by atoms with E-state index in [9.17, 15) is 57.8 Å². The van der Waals surface area contributed by atoms with Gasteiger partial charge in [0.05, 0.1) is 54.3 Å². The average molecular weight is 1210 g/mol. The zero-order valence-electron chi connectivity index (χ0n) is 50.5. The maximum Gasteiger partial charge on any atom is 0.343 e. The van der Waals surface area contributed by atoms with Crippen molar-refractivity contribution in [1.82, 2.24) is 35.7 Å². The Morgan fingerprint density at radius 3 is 2.23 bits per heavy atom. The van der Waals surface area contributed by atoms with E-state index in [1.165, 1.54) is 19.3 Å². The molecule has 0 radical (unpaired) electrons. The second kappa shape index (κ2) is 30.7. The molecule has 2 aromatic carbocycles. The number of fused-ring (bicyclic) bond motifs is 5. The number of aromatic nitrogens is 2. The number of hydrogen-bond acceptors (Lipinski definition) is 17. The number of cyclic esters (lactones) is 1. The van der Waals surface area contributed by atoms with Crippen LogP contribution in [0.5, 0.6) is 0 Å². The highest BCUT2D eigenvalue weighted by atomic mass is 16.6. The monoisotopic (exact) mass is 1210 g/mol. The quantitative estimate of drug-likeness (QED) is 0.0165. The van der Waals surface area contributed by atoms with Crippen LogP contribution in [0.1, 0.15) is 147 Å². The summed E-state index contributed by atoms with van der Waals surface area (Å²) in [5.74, 6) is -4.71. The highest BCUT2D eigenvalue weighted by molar-refractivity contribution is 6.12. The molecule has 8 rings (SSSR count). The van der Waals surface area contributed by atoms with E-state index in [1.807, 2.05) is 19.1 Å². The Balaban J connectivity index is 0.824. The smallest absolute Gasteiger partial charge is 0.343 e. The topological polar surface area (TPSA) is 314 Å².